The van der Waals surface area contributed by atoms with Crippen molar-refractivity contribution in [2.24, 2.45) is 0 Å². The molecule has 0 saturated heterocycles. The SMILES string of the molecule is CSCC(C)N(C)CC(C)(CNC(C)C)c1ccccc1. The van der Waals surface area contributed by atoms with Crippen LogP contribution >= 0.6 is 11.8 Å². The second kappa shape index (κ2) is 8.82. The highest BCUT2D eigenvalue weighted by Gasteiger charge is 2.29. The van der Waals surface area contributed by atoms with Crippen LogP contribution in [0.15, 0.2) is 30.3 Å². The molecule has 0 amide bonds. The predicted octanol–water partition coefficient (Wildman–Crippen LogP) is 3.63. The van der Waals surface area contributed by atoms with Crippen molar-refractivity contribution in [1.82, 2.24) is 10.2 Å². The van der Waals surface area contributed by atoms with E-state index in [9.17, 15) is 0 Å². The molecule has 0 fully saturated rings. The van der Waals surface area contributed by atoms with Crippen molar-refractivity contribution in [1.29, 1.82) is 0 Å². The summed E-state index contributed by atoms with van der Waals surface area (Å²) in [6, 6.07) is 12.0. The zero-order valence-electron chi connectivity index (χ0n) is 14.5. The molecule has 2 atom stereocenters. The monoisotopic (exact) mass is 308 g/mol. The van der Waals surface area contributed by atoms with E-state index >= 15 is 0 Å². The molecule has 0 aliphatic heterocycles. The van der Waals surface area contributed by atoms with Gasteiger partial charge in [-0.25, -0.2) is 0 Å². The average molecular weight is 309 g/mol. The summed E-state index contributed by atoms with van der Waals surface area (Å²) in [5.41, 5.74) is 1.55. The molecule has 0 heterocycles. The maximum atomic E-state index is 3.63. The smallest absolute Gasteiger partial charge is 0.0177 e. The number of hydrogen-bond donors (Lipinski definition) is 1. The molecule has 3 heteroatoms. The van der Waals surface area contributed by atoms with E-state index in [0.717, 1.165) is 13.1 Å². The quantitative estimate of drug-likeness (QED) is 0.750. The standard InChI is InChI=1S/C18H32N2S/c1-15(2)19-13-18(4,17-10-8-7-9-11-17)14-20(5)16(3)12-21-6/h7-11,15-16,19H,12-14H2,1-6H3. The van der Waals surface area contributed by atoms with Gasteiger partial charge in [0, 0.05) is 36.3 Å². The molecule has 0 aliphatic rings. The molecule has 1 N–H and O–H groups in total. The third-order valence-corrected chi connectivity index (χ3v) is 4.95. The van der Waals surface area contributed by atoms with Gasteiger partial charge >= 0.3 is 0 Å². The number of nitrogens with one attached hydrogen (secondary N) is 1. The number of thioether (sulfide) groups is 1. The van der Waals surface area contributed by atoms with E-state index in [4.69, 9.17) is 0 Å². The first-order chi connectivity index (χ1) is 9.89. The van der Waals surface area contributed by atoms with Gasteiger partial charge in [0.25, 0.3) is 0 Å². The summed E-state index contributed by atoms with van der Waals surface area (Å²) >= 11 is 1.92. The van der Waals surface area contributed by atoms with Crippen molar-refractivity contribution in [3.05, 3.63) is 35.9 Å². The Bertz CT molecular complexity index is 393. The van der Waals surface area contributed by atoms with E-state index < -0.39 is 0 Å². The lowest BCUT2D eigenvalue weighted by Gasteiger charge is -2.37. The van der Waals surface area contributed by atoms with Gasteiger partial charge in [-0.3, -0.25) is 0 Å². The van der Waals surface area contributed by atoms with Crippen LogP contribution in [0.25, 0.3) is 0 Å². The van der Waals surface area contributed by atoms with Crippen LogP contribution in [0.3, 0.4) is 0 Å². The molecule has 2 unspecified atom stereocenters. The number of benzene rings is 1. The largest absolute Gasteiger partial charge is 0.314 e. The molecule has 0 bridgehead atoms. The molecule has 0 spiro atoms. The maximum Gasteiger partial charge on any atom is 0.0177 e. The molecule has 0 saturated carbocycles. The zero-order valence-corrected chi connectivity index (χ0v) is 15.3. The predicted molar refractivity (Wildman–Crippen MR) is 97.4 cm³/mol. The van der Waals surface area contributed by atoms with Crippen molar-refractivity contribution < 1.29 is 0 Å². The van der Waals surface area contributed by atoms with Crippen LogP contribution in [0.1, 0.15) is 33.3 Å². The second-order valence-electron chi connectivity index (χ2n) is 6.68. The van der Waals surface area contributed by atoms with Crippen LogP contribution in [-0.4, -0.2) is 49.1 Å². The van der Waals surface area contributed by atoms with Gasteiger partial charge in [-0.15, -0.1) is 0 Å². The van der Waals surface area contributed by atoms with Crippen LogP contribution < -0.4 is 5.32 Å². The number of rotatable bonds is 9. The van der Waals surface area contributed by atoms with Gasteiger partial charge in [0.2, 0.25) is 0 Å². The fraction of sp³-hybridized carbons (Fsp3) is 0.667. The molecule has 1 aromatic carbocycles. The summed E-state index contributed by atoms with van der Waals surface area (Å²) in [5, 5.41) is 3.63. The summed E-state index contributed by atoms with van der Waals surface area (Å²) in [6.45, 7) is 11.2. The van der Waals surface area contributed by atoms with Gasteiger partial charge in [0.15, 0.2) is 0 Å². The van der Waals surface area contributed by atoms with E-state index in [1.807, 2.05) is 11.8 Å². The minimum atomic E-state index is 0.132. The number of nitrogens with zero attached hydrogens (tertiary/aromatic N) is 1. The molecule has 0 aromatic heterocycles. The lowest BCUT2D eigenvalue weighted by molar-refractivity contribution is 0.210. The van der Waals surface area contributed by atoms with Crippen molar-refractivity contribution in [3.8, 4) is 0 Å². The Hall–Kier alpha value is -0.510. The Morgan fingerprint density at radius 1 is 1.19 bits per heavy atom. The summed E-state index contributed by atoms with van der Waals surface area (Å²) in [5.74, 6) is 1.18. The van der Waals surface area contributed by atoms with E-state index in [1.165, 1.54) is 11.3 Å². The Morgan fingerprint density at radius 3 is 2.33 bits per heavy atom. The Labute approximate surface area is 135 Å². The minimum Gasteiger partial charge on any atom is -0.314 e. The van der Waals surface area contributed by atoms with E-state index in [0.29, 0.717) is 12.1 Å². The van der Waals surface area contributed by atoms with Gasteiger partial charge in [-0.2, -0.15) is 11.8 Å². The highest BCUT2D eigenvalue weighted by molar-refractivity contribution is 7.98. The van der Waals surface area contributed by atoms with Crippen LogP contribution in [0.2, 0.25) is 0 Å². The van der Waals surface area contributed by atoms with E-state index in [2.05, 4.69) is 81.5 Å². The maximum absolute atomic E-state index is 3.63. The van der Waals surface area contributed by atoms with Gasteiger partial charge in [0.1, 0.15) is 0 Å². The lowest BCUT2D eigenvalue weighted by Crippen LogP contribution is -2.48. The first kappa shape index (κ1) is 18.5. The summed E-state index contributed by atoms with van der Waals surface area (Å²) < 4.78 is 0. The van der Waals surface area contributed by atoms with E-state index in [-0.39, 0.29) is 5.41 Å². The van der Waals surface area contributed by atoms with E-state index in [1.54, 1.807) is 0 Å². The van der Waals surface area contributed by atoms with Gasteiger partial charge < -0.3 is 10.2 Å². The topological polar surface area (TPSA) is 15.3 Å². The molecule has 120 valence electrons. The average Bonchev–Trinajstić information content (AvgIpc) is 2.46. The molecular formula is C18H32N2S. The molecule has 2 nitrogen and oxygen atoms in total. The summed E-state index contributed by atoms with van der Waals surface area (Å²) in [4.78, 5) is 2.49. The van der Waals surface area contributed by atoms with Gasteiger partial charge in [-0.1, -0.05) is 51.1 Å². The van der Waals surface area contributed by atoms with Crippen LogP contribution in [0.5, 0.6) is 0 Å². The molecule has 0 aliphatic carbocycles. The molecule has 0 radical (unpaired) electrons. The molecule has 1 rings (SSSR count). The summed E-state index contributed by atoms with van der Waals surface area (Å²) in [6.07, 6.45) is 2.18. The fourth-order valence-electron chi connectivity index (χ4n) is 2.59. The Balaban J connectivity index is 2.86. The Morgan fingerprint density at radius 2 is 1.81 bits per heavy atom. The van der Waals surface area contributed by atoms with Gasteiger partial charge in [-0.05, 0) is 25.8 Å². The van der Waals surface area contributed by atoms with Crippen molar-refractivity contribution in [2.45, 2.75) is 45.2 Å². The lowest BCUT2D eigenvalue weighted by atomic mass is 9.81. The van der Waals surface area contributed by atoms with Crippen LogP contribution in [-0.2, 0) is 5.41 Å². The van der Waals surface area contributed by atoms with Crippen molar-refractivity contribution in [3.63, 3.8) is 0 Å². The molecule has 21 heavy (non-hydrogen) atoms. The first-order valence-electron chi connectivity index (χ1n) is 7.87. The second-order valence-corrected chi connectivity index (χ2v) is 7.59. The highest BCUT2D eigenvalue weighted by atomic mass is 32.2. The zero-order chi connectivity index (χ0) is 15.9. The van der Waals surface area contributed by atoms with Crippen molar-refractivity contribution >= 4 is 11.8 Å². The van der Waals surface area contributed by atoms with Crippen molar-refractivity contribution in [2.75, 3.05) is 32.1 Å². The minimum absolute atomic E-state index is 0.132. The highest BCUT2D eigenvalue weighted by Crippen LogP contribution is 2.25. The molecular weight excluding hydrogens is 276 g/mol. The third-order valence-electron chi connectivity index (χ3n) is 4.13. The fourth-order valence-corrected chi connectivity index (χ4v) is 3.33. The van der Waals surface area contributed by atoms with Crippen LogP contribution in [0.4, 0.5) is 0 Å². The third kappa shape index (κ3) is 6.01. The number of likely N-dealkylation sites (N-methyl/N-ethyl adjacent to an activating group) is 1. The molecule has 1 aromatic rings. The normalized spacial score (nSPS) is 16.2. The number of hydrogen-bond acceptors (Lipinski definition) is 3. The Kier molecular flexibility index (Phi) is 7.78. The summed E-state index contributed by atoms with van der Waals surface area (Å²) in [7, 11) is 2.25. The van der Waals surface area contributed by atoms with Gasteiger partial charge in [0.05, 0.1) is 0 Å². The van der Waals surface area contributed by atoms with Crippen LogP contribution in [0, 0.1) is 0 Å². The first-order valence-corrected chi connectivity index (χ1v) is 9.26.